The third kappa shape index (κ3) is 3.54. The molecule has 0 radical (unpaired) electrons. The summed E-state index contributed by atoms with van der Waals surface area (Å²) in [6.45, 7) is 4.45. The van der Waals surface area contributed by atoms with Crippen LogP contribution in [0.15, 0.2) is 54.9 Å². The van der Waals surface area contributed by atoms with E-state index in [2.05, 4.69) is 20.5 Å². The molecule has 4 aromatic rings. The number of hydrogen-bond acceptors (Lipinski definition) is 4. The van der Waals surface area contributed by atoms with Gasteiger partial charge in [0.05, 0.1) is 23.6 Å². The average Bonchev–Trinajstić information content (AvgIpc) is 3.40. The Kier molecular flexibility index (Phi) is 5.26. The number of fused-ring (bicyclic) bond motifs is 1. The van der Waals surface area contributed by atoms with Gasteiger partial charge in [0.25, 0.3) is 12.3 Å². The van der Waals surface area contributed by atoms with E-state index in [-0.39, 0.29) is 22.9 Å². The molecule has 3 heterocycles. The molecule has 0 bridgehead atoms. The molecule has 1 aromatic carbocycles. The first-order chi connectivity index (χ1) is 14.5. The molecule has 0 spiro atoms. The molecule has 1 N–H and O–H groups in total. The van der Waals surface area contributed by atoms with Crippen LogP contribution in [-0.2, 0) is 6.54 Å². The molecule has 0 aliphatic carbocycles. The standard InChI is InChI=1S/C21H20F2N6O/c1-3-28-17(9-10-24-28)13(2)26-21(30)15-12-25-29-18(19(22)23)11-16(27-20(15)29)14-7-5-4-6-8-14/h4-13,19H,3H2,1-2H3,(H,26,30). The number of nitrogens with one attached hydrogen (secondary N) is 1. The minimum Gasteiger partial charge on any atom is -0.344 e. The molecule has 3 aromatic heterocycles. The van der Waals surface area contributed by atoms with Crippen molar-refractivity contribution < 1.29 is 13.6 Å². The lowest BCUT2D eigenvalue weighted by Crippen LogP contribution is -2.28. The predicted molar refractivity (Wildman–Crippen MR) is 107 cm³/mol. The van der Waals surface area contributed by atoms with Gasteiger partial charge in [-0.2, -0.15) is 10.2 Å². The maximum absolute atomic E-state index is 13.7. The van der Waals surface area contributed by atoms with Crippen LogP contribution >= 0.6 is 0 Å². The van der Waals surface area contributed by atoms with Crippen molar-refractivity contribution >= 4 is 11.6 Å². The summed E-state index contributed by atoms with van der Waals surface area (Å²) >= 11 is 0. The van der Waals surface area contributed by atoms with Crippen molar-refractivity contribution in [2.45, 2.75) is 32.9 Å². The van der Waals surface area contributed by atoms with Crippen LogP contribution in [0.4, 0.5) is 8.78 Å². The smallest absolute Gasteiger partial charge is 0.280 e. The summed E-state index contributed by atoms with van der Waals surface area (Å²) in [7, 11) is 0. The maximum atomic E-state index is 13.7. The van der Waals surface area contributed by atoms with Gasteiger partial charge in [-0.05, 0) is 26.0 Å². The number of benzene rings is 1. The molecular weight excluding hydrogens is 390 g/mol. The van der Waals surface area contributed by atoms with E-state index in [9.17, 15) is 13.6 Å². The van der Waals surface area contributed by atoms with Crippen LogP contribution in [0.2, 0.25) is 0 Å². The van der Waals surface area contributed by atoms with Gasteiger partial charge in [-0.3, -0.25) is 9.48 Å². The molecule has 154 valence electrons. The third-order valence-electron chi connectivity index (χ3n) is 4.88. The van der Waals surface area contributed by atoms with Crippen molar-refractivity contribution in [1.82, 2.24) is 29.7 Å². The number of carbonyl (C=O) groups is 1. The Morgan fingerprint density at radius 2 is 1.90 bits per heavy atom. The molecule has 1 amide bonds. The first-order valence-corrected chi connectivity index (χ1v) is 9.54. The second-order valence-electron chi connectivity index (χ2n) is 6.79. The quantitative estimate of drug-likeness (QED) is 0.520. The predicted octanol–water partition coefficient (Wildman–Crippen LogP) is 4.04. The first-order valence-electron chi connectivity index (χ1n) is 9.54. The fourth-order valence-corrected chi connectivity index (χ4v) is 3.38. The fourth-order valence-electron chi connectivity index (χ4n) is 3.38. The minimum absolute atomic E-state index is 0.0837. The maximum Gasteiger partial charge on any atom is 0.280 e. The first kappa shape index (κ1) is 19.7. The number of alkyl halides is 2. The lowest BCUT2D eigenvalue weighted by atomic mass is 10.1. The second-order valence-corrected chi connectivity index (χ2v) is 6.79. The molecule has 0 saturated heterocycles. The second kappa shape index (κ2) is 8.02. The highest BCUT2D eigenvalue weighted by Crippen LogP contribution is 2.27. The van der Waals surface area contributed by atoms with Crippen LogP contribution in [0.5, 0.6) is 0 Å². The van der Waals surface area contributed by atoms with E-state index in [1.54, 1.807) is 35.1 Å². The van der Waals surface area contributed by atoms with Crippen LogP contribution in [0.3, 0.4) is 0 Å². The zero-order valence-corrected chi connectivity index (χ0v) is 16.5. The van der Waals surface area contributed by atoms with Gasteiger partial charge in [0.1, 0.15) is 11.3 Å². The van der Waals surface area contributed by atoms with E-state index >= 15 is 0 Å². The van der Waals surface area contributed by atoms with Gasteiger partial charge in [0, 0.05) is 18.3 Å². The van der Waals surface area contributed by atoms with Crippen molar-refractivity contribution in [1.29, 1.82) is 0 Å². The summed E-state index contributed by atoms with van der Waals surface area (Å²) in [4.78, 5) is 17.4. The molecule has 30 heavy (non-hydrogen) atoms. The van der Waals surface area contributed by atoms with Gasteiger partial charge in [-0.15, -0.1) is 0 Å². The Morgan fingerprint density at radius 3 is 2.60 bits per heavy atom. The van der Waals surface area contributed by atoms with E-state index < -0.39 is 12.3 Å². The zero-order chi connectivity index (χ0) is 21.3. The number of aromatic nitrogens is 5. The Morgan fingerprint density at radius 1 is 1.13 bits per heavy atom. The lowest BCUT2D eigenvalue weighted by molar-refractivity contribution is 0.0939. The molecule has 9 heteroatoms. The van der Waals surface area contributed by atoms with Gasteiger partial charge < -0.3 is 5.32 Å². The van der Waals surface area contributed by atoms with Crippen LogP contribution in [0.1, 0.15) is 48.1 Å². The van der Waals surface area contributed by atoms with E-state index in [0.29, 0.717) is 17.8 Å². The Balaban J connectivity index is 1.74. The summed E-state index contributed by atoms with van der Waals surface area (Å²) in [5.74, 6) is -0.445. The van der Waals surface area contributed by atoms with E-state index in [1.165, 1.54) is 12.3 Å². The van der Waals surface area contributed by atoms with Crippen LogP contribution in [0.25, 0.3) is 16.9 Å². The molecule has 1 atom stereocenters. The minimum atomic E-state index is -2.77. The Bertz CT molecular complexity index is 1180. The lowest BCUT2D eigenvalue weighted by Gasteiger charge is -2.15. The molecule has 0 saturated carbocycles. The summed E-state index contributed by atoms with van der Waals surface area (Å²) in [6, 6.07) is 11.8. The molecule has 0 aliphatic rings. The number of nitrogens with zero attached hydrogens (tertiary/aromatic N) is 5. The van der Waals surface area contributed by atoms with Crippen molar-refractivity contribution in [2.75, 3.05) is 0 Å². The van der Waals surface area contributed by atoms with Crippen molar-refractivity contribution in [3.8, 4) is 11.3 Å². The van der Waals surface area contributed by atoms with Crippen LogP contribution < -0.4 is 5.32 Å². The number of hydrogen-bond donors (Lipinski definition) is 1. The van der Waals surface area contributed by atoms with Crippen molar-refractivity contribution in [3.05, 3.63) is 71.8 Å². The Labute approximate surface area is 171 Å². The molecule has 0 fully saturated rings. The summed E-state index contributed by atoms with van der Waals surface area (Å²) in [6.07, 6.45) is 0.160. The summed E-state index contributed by atoms with van der Waals surface area (Å²) in [5.41, 5.74) is 1.76. The van der Waals surface area contributed by atoms with Crippen molar-refractivity contribution in [3.63, 3.8) is 0 Å². The van der Waals surface area contributed by atoms with E-state index in [0.717, 1.165) is 10.2 Å². The molecule has 0 aliphatic heterocycles. The van der Waals surface area contributed by atoms with Gasteiger partial charge in [-0.25, -0.2) is 18.3 Å². The van der Waals surface area contributed by atoms with Gasteiger partial charge in [0.15, 0.2) is 5.65 Å². The average molecular weight is 410 g/mol. The SMILES string of the molecule is CCn1nccc1C(C)NC(=O)c1cnn2c(C(F)F)cc(-c3ccccc3)nc12. The van der Waals surface area contributed by atoms with Gasteiger partial charge in [-0.1, -0.05) is 30.3 Å². The molecule has 4 rings (SSSR count). The largest absolute Gasteiger partial charge is 0.344 e. The van der Waals surface area contributed by atoms with E-state index in [1.807, 2.05) is 26.0 Å². The fraction of sp³-hybridized carbons (Fsp3) is 0.238. The van der Waals surface area contributed by atoms with Crippen LogP contribution in [-0.4, -0.2) is 30.3 Å². The van der Waals surface area contributed by atoms with Gasteiger partial charge in [0.2, 0.25) is 0 Å². The number of aryl methyl sites for hydroxylation is 1. The Hall–Kier alpha value is -3.62. The zero-order valence-electron chi connectivity index (χ0n) is 16.5. The van der Waals surface area contributed by atoms with Crippen molar-refractivity contribution in [2.24, 2.45) is 0 Å². The monoisotopic (exact) mass is 410 g/mol. The number of halogens is 2. The van der Waals surface area contributed by atoms with Gasteiger partial charge >= 0.3 is 0 Å². The normalized spacial score (nSPS) is 12.4. The number of rotatable bonds is 6. The summed E-state index contributed by atoms with van der Waals surface area (Å²) < 4.78 is 30.2. The molecule has 1 unspecified atom stereocenters. The number of amides is 1. The molecular formula is C21H20F2N6O. The highest BCUT2D eigenvalue weighted by molar-refractivity contribution is 6.00. The highest BCUT2D eigenvalue weighted by Gasteiger charge is 2.23. The topological polar surface area (TPSA) is 77.1 Å². The van der Waals surface area contributed by atoms with E-state index in [4.69, 9.17) is 0 Å². The molecule has 7 nitrogen and oxygen atoms in total. The highest BCUT2D eigenvalue weighted by atomic mass is 19.3. The van der Waals surface area contributed by atoms with Crippen LogP contribution in [0, 0.1) is 0 Å². The number of carbonyl (C=O) groups excluding carboxylic acids is 1. The summed E-state index contributed by atoms with van der Waals surface area (Å²) in [5, 5.41) is 11.1. The third-order valence-corrected chi connectivity index (χ3v) is 4.88.